The molecule has 3 aromatic carbocycles. The molecule has 0 saturated carbocycles. The molecule has 0 aromatic heterocycles. The molecule has 37 heavy (non-hydrogen) atoms. The number of likely N-dealkylation sites (N-methyl/N-ethyl adjacent to an activating group) is 1. The molecule has 10 heteroatoms. The van der Waals surface area contributed by atoms with Crippen molar-refractivity contribution in [2.45, 2.75) is 38.3 Å². The summed E-state index contributed by atoms with van der Waals surface area (Å²) in [6.07, 6.45) is 0. The molecule has 2 amide bonds. The first-order valence-corrected chi connectivity index (χ1v) is 13.5. The minimum absolute atomic E-state index is 0.0621. The predicted molar refractivity (Wildman–Crippen MR) is 142 cm³/mol. The monoisotopic (exact) mass is 545 g/mol. The molecule has 0 aliphatic heterocycles. The first-order valence-electron chi connectivity index (χ1n) is 11.7. The predicted octanol–water partition coefficient (Wildman–Crippen LogP) is 4.54. The van der Waals surface area contributed by atoms with Crippen LogP contribution in [0, 0.1) is 12.7 Å². The third-order valence-corrected chi connectivity index (χ3v) is 7.83. The smallest absolute Gasteiger partial charge is 0.264 e. The van der Waals surface area contributed by atoms with E-state index in [-0.39, 0.29) is 23.0 Å². The molecular formula is C27H29ClFN3O4S. The van der Waals surface area contributed by atoms with Crippen molar-refractivity contribution in [3.63, 3.8) is 0 Å². The standard InChI is InChI=1S/C27H29ClFN3O4S/c1-4-30-27(34)20(3)31(17-21-7-9-22(28)10-8-21)26(33)18-32(24-13-5-19(2)6-14-24)37(35,36)25-15-11-23(29)12-16-25/h5-16,20H,4,17-18H2,1-3H3,(H,30,34)/t20-/m1/s1. The molecule has 0 aliphatic rings. The molecule has 0 unspecified atom stereocenters. The van der Waals surface area contributed by atoms with E-state index in [0.29, 0.717) is 11.6 Å². The number of benzene rings is 3. The van der Waals surface area contributed by atoms with E-state index in [1.165, 1.54) is 4.90 Å². The van der Waals surface area contributed by atoms with Crippen LogP contribution in [0.2, 0.25) is 5.02 Å². The summed E-state index contributed by atoms with van der Waals surface area (Å²) in [6, 6.07) is 17.0. The lowest BCUT2D eigenvalue weighted by atomic mass is 10.1. The largest absolute Gasteiger partial charge is 0.355 e. The Hall–Kier alpha value is -3.43. The Morgan fingerprint density at radius 1 is 0.973 bits per heavy atom. The van der Waals surface area contributed by atoms with Crippen LogP contribution in [-0.2, 0) is 26.2 Å². The van der Waals surface area contributed by atoms with Gasteiger partial charge in [-0.3, -0.25) is 13.9 Å². The topological polar surface area (TPSA) is 86.8 Å². The lowest BCUT2D eigenvalue weighted by Crippen LogP contribution is -2.51. The first-order chi connectivity index (χ1) is 17.5. The van der Waals surface area contributed by atoms with Gasteiger partial charge in [0.2, 0.25) is 11.8 Å². The van der Waals surface area contributed by atoms with Gasteiger partial charge in [-0.15, -0.1) is 0 Å². The summed E-state index contributed by atoms with van der Waals surface area (Å²) in [5, 5.41) is 3.23. The molecule has 0 aliphatic carbocycles. The minimum atomic E-state index is -4.25. The third kappa shape index (κ3) is 7.08. The second kappa shape index (κ2) is 12.2. The molecule has 0 spiro atoms. The number of carbonyl (C=O) groups is 2. The van der Waals surface area contributed by atoms with E-state index in [9.17, 15) is 22.4 Å². The highest BCUT2D eigenvalue weighted by molar-refractivity contribution is 7.92. The van der Waals surface area contributed by atoms with E-state index in [0.717, 1.165) is 39.7 Å². The molecule has 0 saturated heterocycles. The van der Waals surface area contributed by atoms with Crippen LogP contribution in [0.5, 0.6) is 0 Å². The number of hydrogen-bond donors (Lipinski definition) is 1. The van der Waals surface area contributed by atoms with Crippen molar-refractivity contribution in [3.8, 4) is 0 Å². The van der Waals surface area contributed by atoms with Crippen LogP contribution in [0.3, 0.4) is 0 Å². The van der Waals surface area contributed by atoms with Crippen LogP contribution in [0.4, 0.5) is 10.1 Å². The number of aryl methyl sites for hydroxylation is 1. The highest BCUT2D eigenvalue weighted by atomic mass is 35.5. The maximum atomic E-state index is 13.7. The summed E-state index contributed by atoms with van der Waals surface area (Å²) >= 11 is 5.99. The fourth-order valence-corrected chi connectivity index (χ4v) is 5.20. The van der Waals surface area contributed by atoms with E-state index in [2.05, 4.69) is 5.32 Å². The molecule has 0 fully saturated rings. The van der Waals surface area contributed by atoms with Gasteiger partial charge in [0.1, 0.15) is 18.4 Å². The van der Waals surface area contributed by atoms with Crippen molar-refractivity contribution in [2.75, 3.05) is 17.4 Å². The second-order valence-electron chi connectivity index (χ2n) is 8.52. The zero-order valence-electron chi connectivity index (χ0n) is 20.8. The van der Waals surface area contributed by atoms with Gasteiger partial charge in [0.25, 0.3) is 10.0 Å². The summed E-state index contributed by atoms with van der Waals surface area (Å²) in [6.45, 7) is 5.08. The molecule has 1 atom stereocenters. The summed E-state index contributed by atoms with van der Waals surface area (Å²) in [5.41, 5.74) is 1.89. The maximum absolute atomic E-state index is 13.7. The third-order valence-electron chi connectivity index (χ3n) is 5.79. The average molecular weight is 546 g/mol. The lowest BCUT2D eigenvalue weighted by Gasteiger charge is -2.32. The second-order valence-corrected chi connectivity index (χ2v) is 10.8. The van der Waals surface area contributed by atoms with E-state index in [1.807, 2.05) is 6.92 Å². The van der Waals surface area contributed by atoms with Gasteiger partial charge in [-0.05, 0) is 74.9 Å². The number of halogens is 2. The van der Waals surface area contributed by atoms with Crippen LogP contribution in [0.1, 0.15) is 25.0 Å². The molecule has 0 bridgehead atoms. The molecule has 3 aromatic rings. The van der Waals surface area contributed by atoms with Crippen molar-refractivity contribution < 1.29 is 22.4 Å². The van der Waals surface area contributed by atoms with E-state index >= 15 is 0 Å². The van der Waals surface area contributed by atoms with Gasteiger partial charge in [-0.25, -0.2) is 12.8 Å². The Kier molecular flexibility index (Phi) is 9.29. The van der Waals surface area contributed by atoms with Gasteiger partial charge < -0.3 is 10.2 Å². The average Bonchev–Trinajstić information content (AvgIpc) is 2.87. The summed E-state index contributed by atoms with van der Waals surface area (Å²) in [7, 11) is -4.25. The molecular weight excluding hydrogens is 517 g/mol. The van der Waals surface area contributed by atoms with Crippen LogP contribution in [0.15, 0.2) is 77.7 Å². The van der Waals surface area contributed by atoms with Gasteiger partial charge in [0, 0.05) is 18.1 Å². The first kappa shape index (κ1) is 28.1. The van der Waals surface area contributed by atoms with Crippen LogP contribution < -0.4 is 9.62 Å². The number of hydrogen-bond acceptors (Lipinski definition) is 4. The highest BCUT2D eigenvalue weighted by Gasteiger charge is 2.32. The number of amides is 2. The van der Waals surface area contributed by atoms with E-state index in [1.54, 1.807) is 62.4 Å². The lowest BCUT2D eigenvalue weighted by molar-refractivity contribution is -0.139. The number of nitrogens with zero attached hydrogens (tertiary/aromatic N) is 2. The van der Waals surface area contributed by atoms with Gasteiger partial charge in [-0.1, -0.05) is 41.4 Å². The van der Waals surface area contributed by atoms with E-state index < -0.39 is 34.3 Å². The molecule has 1 N–H and O–H groups in total. The van der Waals surface area contributed by atoms with Gasteiger partial charge >= 0.3 is 0 Å². The Morgan fingerprint density at radius 3 is 2.14 bits per heavy atom. The Labute approximate surface area is 221 Å². The summed E-state index contributed by atoms with van der Waals surface area (Å²) in [4.78, 5) is 27.5. The van der Waals surface area contributed by atoms with Crippen molar-refractivity contribution in [1.29, 1.82) is 0 Å². The van der Waals surface area contributed by atoms with Gasteiger partial charge in [0.05, 0.1) is 10.6 Å². The van der Waals surface area contributed by atoms with Gasteiger partial charge in [-0.2, -0.15) is 0 Å². The maximum Gasteiger partial charge on any atom is 0.264 e. The number of sulfonamides is 1. The summed E-state index contributed by atoms with van der Waals surface area (Å²) in [5.74, 6) is -1.53. The molecule has 3 rings (SSSR count). The highest BCUT2D eigenvalue weighted by Crippen LogP contribution is 2.25. The normalized spacial score (nSPS) is 12.0. The van der Waals surface area contributed by atoms with Crippen molar-refractivity contribution in [1.82, 2.24) is 10.2 Å². The number of nitrogens with one attached hydrogen (secondary N) is 1. The Balaban J connectivity index is 2.01. The summed E-state index contributed by atoms with van der Waals surface area (Å²) < 4.78 is 41.7. The number of rotatable bonds is 10. The molecule has 7 nitrogen and oxygen atoms in total. The Bertz CT molecular complexity index is 1330. The SMILES string of the molecule is CCNC(=O)[C@@H](C)N(Cc1ccc(Cl)cc1)C(=O)CN(c1ccc(C)cc1)S(=O)(=O)c1ccc(F)cc1. The molecule has 0 heterocycles. The van der Waals surface area contributed by atoms with E-state index in [4.69, 9.17) is 11.6 Å². The van der Waals surface area contributed by atoms with Crippen molar-refractivity contribution in [2.24, 2.45) is 0 Å². The van der Waals surface area contributed by atoms with Crippen LogP contribution in [-0.4, -0.2) is 44.3 Å². The Morgan fingerprint density at radius 2 is 1.57 bits per heavy atom. The zero-order valence-corrected chi connectivity index (χ0v) is 22.4. The van der Waals surface area contributed by atoms with Crippen LogP contribution >= 0.6 is 11.6 Å². The zero-order chi connectivity index (χ0) is 27.2. The number of anilines is 1. The van der Waals surface area contributed by atoms with Crippen LogP contribution in [0.25, 0.3) is 0 Å². The number of carbonyl (C=O) groups excluding carboxylic acids is 2. The van der Waals surface area contributed by atoms with Crippen molar-refractivity contribution >= 4 is 39.1 Å². The fraction of sp³-hybridized carbons (Fsp3) is 0.259. The van der Waals surface area contributed by atoms with Crippen molar-refractivity contribution in [3.05, 3.63) is 94.8 Å². The quantitative estimate of drug-likeness (QED) is 0.405. The molecule has 0 radical (unpaired) electrons. The van der Waals surface area contributed by atoms with Gasteiger partial charge in [0.15, 0.2) is 0 Å². The minimum Gasteiger partial charge on any atom is -0.355 e. The molecule has 196 valence electrons. The fourth-order valence-electron chi connectivity index (χ4n) is 3.66.